The molecule has 236 valence electrons. The zero-order valence-electron chi connectivity index (χ0n) is 24.1. The number of rotatable bonds is 8. The molecule has 2 amide bonds. The molecule has 1 fully saturated rings. The lowest BCUT2D eigenvalue weighted by Gasteiger charge is -2.18. The molecule has 0 radical (unpaired) electrons. The molecule has 1 unspecified atom stereocenters. The van der Waals surface area contributed by atoms with E-state index in [1.165, 1.54) is 23.0 Å². The van der Waals surface area contributed by atoms with Crippen molar-refractivity contribution < 1.29 is 32.7 Å². The highest BCUT2D eigenvalue weighted by Crippen LogP contribution is 2.37. The normalized spacial score (nSPS) is 15.0. The number of nitrogens with one attached hydrogen (secondary N) is 4. The van der Waals surface area contributed by atoms with Crippen LogP contribution in [0.4, 0.5) is 24.7 Å². The van der Waals surface area contributed by atoms with E-state index >= 15 is 0 Å². The van der Waals surface area contributed by atoms with Crippen LogP contribution in [0.2, 0.25) is 0 Å². The maximum Gasteiger partial charge on any atom is 0.435 e. The van der Waals surface area contributed by atoms with E-state index in [1.54, 1.807) is 38.1 Å². The van der Waals surface area contributed by atoms with Gasteiger partial charge in [0.25, 0.3) is 12.4 Å². The average molecular weight is 627 g/mol. The highest BCUT2D eigenvalue weighted by Gasteiger charge is 2.38. The van der Waals surface area contributed by atoms with E-state index in [1.807, 2.05) is 0 Å². The molecular weight excluding hydrogens is 597 g/mol. The zero-order chi connectivity index (χ0) is 32.7. The lowest BCUT2D eigenvalue weighted by atomic mass is 10.1. The van der Waals surface area contributed by atoms with Gasteiger partial charge in [-0.15, -0.1) is 0 Å². The quantitative estimate of drug-likeness (QED) is 0.182. The van der Waals surface area contributed by atoms with Gasteiger partial charge in [0.15, 0.2) is 17.2 Å². The van der Waals surface area contributed by atoms with Crippen LogP contribution in [-0.2, 0) is 22.3 Å². The Balaban J connectivity index is 0.00000148. The summed E-state index contributed by atoms with van der Waals surface area (Å²) < 4.78 is 43.5. The van der Waals surface area contributed by atoms with Crippen LogP contribution in [-0.4, -0.2) is 72.7 Å². The Hall–Kier alpha value is -5.50. The molecule has 14 nitrogen and oxygen atoms in total. The van der Waals surface area contributed by atoms with E-state index < -0.39 is 23.8 Å². The maximum absolute atomic E-state index is 13.7. The van der Waals surface area contributed by atoms with Crippen LogP contribution >= 0.6 is 0 Å². The second kappa shape index (κ2) is 13.9. The molecular formula is C28H29F3N10O4. The molecule has 0 saturated carbocycles. The fraction of sp³-hybridized carbons (Fsp3) is 0.321. The lowest BCUT2D eigenvalue weighted by molar-refractivity contribution is -0.141. The van der Waals surface area contributed by atoms with Crippen molar-refractivity contribution in [1.29, 1.82) is 5.26 Å². The minimum atomic E-state index is -4.74. The van der Waals surface area contributed by atoms with Crippen LogP contribution in [0.15, 0.2) is 43.0 Å². The number of nitrogens with zero attached hydrogens (tertiary/aromatic N) is 6. The fourth-order valence-electron chi connectivity index (χ4n) is 4.76. The number of aryl methyl sites for hydroxylation is 1. The molecule has 1 aliphatic heterocycles. The van der Waals surface area contributed by atoms with Crippen molar-refractivity contribution in [2.45, 2.75) is 45.1 Å². The Morgan fingerprint density at radius 3 is 2.71 bits per heavy atom. The van der Waals surface area contributed by atoms with Gasteiger partial charge in [-0.25, -0.2) is 9.97 Å². The number of hydrogen-bond donors (Lipinski definition) is 5. The molecule has 1 saturated heterocycles. The molecule has 1 aliphatic rings. The number of hydrogen-bond acceptors (Lipinski definition) is 9. The summed E-state index contributed by atoms with van der Waals surface area (Å²) in [5.74, 6) is -0.391. The average Bonchev–Trinajstić information content (AvgIpc) is 3.74. The van der Waals surface area contributed by atoms with Crippen LogP contribution in [0.25, 0.3) is 16.9 Å². The van der Waals surface area contributed by atoms with Gasteiger partial charge in [-0.2, -0.15) is 23.5 Å². The fourth-order valence-corrected chi connectivity index (χ4v) is 4.76. The Kier molecular flexibility index (Phi) is 9.98. The Morgan fingerprint density at radius 2 is 2.07 bits per heavy atom. The highest BCUT2D eigenvalue weighted by molar-refractivity contribution is 5.99. The Morgan fingerprint density at radius 1 is 1.31 bits per heavy atom. The number of halogens is 3. The minimum Gasteiger partial charge on any atom is -0.483 e. The largest absolute Gasteiger partial charge is 0.483 e. The summed E-state index contributed by atoms with van der Waals surface area (Å²) in [7, 11) is 0. The van der Waals surface area contributed by atoms with Gasteiger partial charge in [-0.3, -0.25) is 23.5 Å². The second-order valence-electron chi connectivity index (χ2n) is 10.0. The van der Waals surface area contributed by atoms with E-state index in [9.17, 15) is 22.8 Å². The third-order valence-corrected chi connectivity index (χ3v) is 6.85. The third-order valence-electron chi connectivity index (χ3n) is 6.85. The van der Waals surface area contributed by atoms with E-state index in [0.717, 1.165) is 23.8 Å². The molecule has 0 spiro atoms. The molecule has 0 bridgehead atoms. The first-order valence-corrected chi connectivity index (χ1v) is 13.6. The highest BCUT2D eigenvalue weighted by atomic mass is 19.4. The molecule has 4 aromatic rings. The number of imidazole rings is 1. The first-order valence-electron chi connectivity index (χ1n) is 13.6. The minimum absolute atomic E-state index is 0.0427. The monoisotopic (exact) mass is 626 g/mol. The summed E-state index contributed by atoms with van der Waals surface area (Å²) >= 11 is 0. The summed E-state index contributed by atoms with van der Waals surface area (Å²) in [5.41, 5.74) is 0.593. The van der Waals surface area contributed by atoms with Gasteiger partial charge in [0, 0.05) is 42.4 Å². The first kappa shape index (κ1) is 32.4. The van der Waals surface area contributed by atoms with Gasteiger partial charge in [-0.05, 0) is 50.6 Å². The number of aromatic nitrogens is 5. The molecule has 5 N–H and O–H groups in total. The number of carboxylic acid groups (broad SMARTS) is 1. The summed E-state index contributed by atoms with van der Waals surface area (Å²) in [6, 6.07) is 6.07. The van der Waals surface area contributed by atoms with Crippen LogP contribution in [0, 0.1) is 18.3 Å². The van der Waals surface area contributed by atoms with Crippen molar-refractivity contribution >= 4 is 35.4 Å². The predicted molar refractivity (Wildman–Crippen MR) is 154 cm³/mol. The number of anilines is 2. The number of alkyl halides is 3. The number of carbonyl (C=O) groups is 3. The van der Waals surface area contributed by atoms with E-state index in [2.05, 4.69) is 36.3 Å². The molecule has 3 aromatic heterocycles. The van der Waals surface area contributed by atoms with Crippen molar-refractivity contribution in [1.82, 2.24) is 40.1 Å². The van der Waals surface area contributed by atoms with Crippen molar-refractivity contribution in [3.05, 3.63) is 59.8 Å². The van der Waals surface area contributed by atoms with Gasteiger partial charge < -0.3 is 26.4 Å². The summed E-state index contributed by atoms with van der Waals surface area (Å²) in [6.45, 7) is 4.31. The van der Waals surface area contributed by atoms with Crippen LogP contribution in [0.3, 0.4) is 0 Å². The SMILES string of the molecule is Cc1cc(Nc2nccn3c(-c4cn(CC#N)nc4C(F)(F)F)cnc23)ccc1C(=O)NC(C)C(=O)N[C@@H]1CCNC1.O=CO. The van der Waals surface area contributed by atoms with Crippen LogP contribution < -0.4 is 21.3 Å². The molecule has 1 aromatic carbocycles. The van der Waals surface area contributed by atoms with Gasteiger partial charge in [-0.1, -0.05) is 0 Å². The Bertz CT molecular complexity index is 1740. The second-order valence-corrected chi connectivity index (χ2v) is 10.0. The molecule has 5 rings (SSSR count). The molecule has 0 aliphatic carbocycles. The molecule has 2 atom stereocenters. The van der Waals surface area contributed by atoms with Gasteiger partial charge in [0.1, 0.15) is 12.6 Å². The zero-order valence-corrected chi connectivity index (χ0v) is 24.1. The number of benzene rings is 1. The molecule has 17 heteroatoms. The summed E-state index contributed by atoms with van der Waals surface area (Å²) in [5, 5.41) is 31.3. The number of carbonyl (C=O) groups excluding carboxylic acids is 2. The van der Waals surface area contributed by atoms with Crippen molar-refractivity contribution in [2.24, 2.45) is 0 Å². The van der Waals surface area contributed by atoms with Crippen LogP contribution in [0.1, 0.15) is 35.0 Å². The van der Waals surface area contributed by atoms with Gasteiger partial charge >= 0.3 is 6.18 Å². The predicted octanol–water partition coefficient (Wildman–Crippen LogP) is 2.48. The van der Waals surface area contributed by atoms with Gasteiger partial charge in [0.05, 0.1) is 23.5 Å². The van der Waals surface area contributed by atoms with Crippen molar-refractivity contribution in [2.75, 3.05) is 18.4 Å². The maximum atomic E-state index is 13.7. The lowest BCUT2D eigenvalue weighted by Crippen LogP contribution is -2.48. The molecule has 45 heavy (non-hydrogen) atoms. The summed E-state index contributed by atoms with van der Waals surface area (Å²) in [6.07, 6.45) is 1.43. The smallest absolute Gasteiger partial charge is 0.435 e. The standard InChI is InChI=1S/C27H27F3N10O2.CH2O2/c1-15-11-17(3-4-19(15)26(42)35-16(2)25(41)37-18-5-7-32-12-18)36-23-24-34-13-21(40(24)10-8-33-23)20-14-39(9-6-31)38-22(20)27(28,29)30;2-1-3/h3-4,8,10-11,13-14,16,18,32H,5,7,9,12H2,1-2H3,(H,33,36)(H,35,42)(H,37,41);1H,(H,2,3)/t16?,18-;/m1./s1. The third kappa shape index (κ3) is 7.54. The Labute approximate surface area is 254 Å². The topological polar surface area (TPSA) is 191 Å². The van der Waals surface area contributed by atoms with E-state index in [-0.39, 0.29) is 47.7 Å². The van der Waals surface area contributed by atoms with Crippen molar-refractivity contribution in [3.8, 4) is 17.3 Å². The van der Waals surface area contributed by atoms with E-state index in [4.69, 9.17) is 15.2 Å². The van der Waals surface area contributed by atoms with Gasteiger partial charge in [0.2, 0.25) is 5.91 Å². The summed E-state index contributed by atoms with van der Waals surface area (Å²) in [4.78, 5) is 42.3. The number of fused-ring (bicyclic) bond motifs is 1. The number of amides is 2. The van der Waals surface area contributed by atoms with E-state index in [0.29, 0.717) is 23.4 Å². The molecule has 4 heterocycles. The van der Waals surface area contributed by atoms with Crippen LogP contribution in [0.5, 0.6) is 0 Å². The van der Waals surface area contributed by atoms with Crippen molar-refractivity contribution in [3.63, 3.8) is 0 Å². The first-order chi connectivity index (χ1) is 21.5. The number of nitriles is 1.